The third kappa shape index (κ3) is 4.71. The van der Waals surface area contributed by atoms with Gasteiger partial charge in [0.1, 0.15) is 0 Å². The lowest BCUT2D eigenvalue weighted by atomic mass is 9.85. The van der Waals surface area contributed by atoms with E-state index in [2.05, 4.69) is 42.2 Å². The number of para-hydroxylation sites is 1. The summed E-state index contributed by atoms with van der Waals surface area (Å²) in [6, 6.07) is 8.43. The molecular weight excluding hydrogens is 374 g/mol. The van der Waals surface area contributed by atoms with Gasteiger partial charge < -0.3 is 14.7 Å². The van der Waals surface area contributed by atoms with Crippen LogP contribution in [0.15, 0.2) is 36.0 Å². The highest BCUT2D eigenvalue weighted by Gasteiger charge is 2.30. The number of carbonyl (C=O) groups is 2. The van der Waals surface area contributed by atoms with Crippen LogP contribution in [-0.2, 0) is 9.59 Å². The molecule has 1 aromatic carbocycles. The number of benzene rings is 1. The first kappa shape index (κ1) is 21.0. The van der Waals surface area contributed by atoms with E-state index in [9.17, 15) is 9.59 Å². The number of fused-ring (bicyclic) bond motifs is 1. The number of nitrogens with zero attached hydrogens (tertiary/aromatic N) is 3. The first-order valence-corrected chi connectivity index (χ1v) is 11.7. The van der Waals surface area contributed by atoms with E-state index in [1.165, 1.54) is 36.2 Å². The van der Waals surface area contributed by atoms with Crippen molar-refractivity contribution >= 4 is 17.5 Å². The minimum Gasteiger partial charge on any atom is -0.368 e. The predicted molar refractivity (Wildman–Crippen MR) is 120 cm³/mol. The molecule has 30 heavy (non-hydrogen) atoms. The van der Waals surface area contributed by atoms with E-state index in [0.717, 1.165) is 45.6 Å². The number of amides is 2. The molecule has 2 heterocycles. The van der Waals surface area contributed by atoms with Crippen LogP contribution in [0.3, 0.4) is 0 Å². The first-order valence-electron chi connectivity index (χ1n) is 11.7. The molecule has 2 aliphatic heterocycles. The highest BCUT2D eigenvalue weighted by atomic mass is 16.2. The molecule has 0 aromatic heterocycles. The zero-order valence-electron chi connectivity index (χ0n) is 18.3. The summed E-state index contributed by atoms with van der Waals surface area (Å²) in [4.78, 5) is 31.8. The highest BCUT2D eigenvalue weighted by molar-refractivity contribution is 5.80. The summed E-state index contributed by atoms with van der Waals surface area (Å²) in [5, 5.41) is 0. The molecule has 2 saturated heterocycles. The van der Waals surface area contributed by atoms with Crippen molar-refractivity contribution in [1.82, 2.24) is 9.80 Å². The van der Waals surface area contributed by atoms with Crippen LogP contribution in [-0.4, -0.2) is 54.3 Å². The van der Waals surface area contributed by atoms with E-state index < -0.39 is 0 Å². The Morgan fingerprint density at radius 3 is 2.47 bits per heavy atom. The summed E-state index contributed by atoms with van der Waals surface area (Å²) in [6.07, 6.45) is 9.81. The molecule has 2 amide bonds. The van der Waals surface area contributed by atoms with Crippen molar-refractivity contribution in [3.05, 3.63) is 41.6 Å². The van der Waals surface area contributed by atoms with Crippen LogP contribution in [0.5, 0.6) is 0 Å². The lowest BCUT2D eigenvalue weighted by molar-refractivity contribution is -0.132. The van der Waals surface area contributed by atoms with Gasteiger partial charge in [-0.1, -0.05) is 24.3 Å². The minimum atomic E-state index is 0.195. The number of hydrogen-bond donors (Lipinski definition) is 0. The van der Waals surface area contributed by atoms with Gasteiger partial charge in [-0.05, 0) is 63.0 Å². The number of piperidine rings is 1. The fourth-order valence-corrected chi connectivity index (χ4v) is 5.24. The Bertz CT molecular complexity index is 795. The van der Waals surface area contributed by atoms with Gasteiger partial charge in [-0.25, -0.2) is 0 Å². The minimum absolute atomic E-state index is 0.195. The van der Waals surface area contributed by atoms with Crippen molar-refractivity contribution < 1.29 is 9.59 Å². The van der Waals surface area contributed by atoms with Gasteiger partial charge in [0.2, 0.25) is 11.8 Å². The summed E-state index contributed by atoms with van der Waals surface area (Å²) in [5.41, 5.74) is 3.83. The standard InChI is InChI=1S/C25H35N3O2/c1-20-8-2-4-11-22(20)26-16-18-27(19-17-26)24(29)13-6-14-25(30)28-15-7-10-21-9-3-5-12-23(21)28/h2,4,8,11-12,21H,3,5-7,9-10,13-19H2,1H3. The number of rotatable bonds is 5. The molecule has 4 rings (SSSR count). The smallest absolute Gasteiger partial charge is 0.226 e. The monoisotopic (exact) mass is 409 g/mol. The van der Waals surface area contributed by atoms with Crippen LogP contribution in [0.2, 0.25) is 0 Å². The van der Waals surface area contributed by atoms with Crippen molar-refractivity contribution in [1.29, 1.82) is 0 Å². The second kappa shape index (κ2) is 9.67. The summed E-state index contributed by atoms with van der Waals surface area (Å²) in [6.45, 7) is 6.27. The van der Waals surface area contributed by atoms with Crippen LogP contribution < -0.4 is 4.90 Å². The van der Waals surface area contributed by atoms with Gasteiger partial charge >= 0.3 is 0 Å². The lowest BCUT2D eigenvalue weighted by Crippen LogP contribution is -2.49. The Morgan fingerprint density at radius 1 is 0.933 bits per heavy atom. The molecule has 1 unspecified atom stereocenters. The Kier molecular flexibility index (Phi) is 6.76. The third-order valence-corrected chi connectivity index (χ3v) is 6.95. The van der Waals surface area contributed by atoms with Crippen LogP contribution in [0.4, 0.5) is 5.69 Å². The number of piperazine rings is 1. The Labute approximate surface area is 180 Å². The lowest BCUT2D eigenvalue weighted by Gasteiger charge is -2.38. The number of carbonyl (C=O) groups excluding carboxylic acids is 2. The van der Waals surface area contributed by atoms with E-state index >= 15 is 0 Å². The molecule has 1 atom stereocenters. The van der Waals surface area contributed by atoms with Crippen molar-refractivity contribution in [2.24, 2.45) is 5.92 Å². The summed E-state index contributed by atoms with van der Waals surface area (Å²) >= 11 is 0. The fourth-order valence-electron chi connectivity index (χ4n) is 5.24. The topological polar surface area (TPSA) is 43.9 Å². The number of aryl methyl sites for hydroxylation is 1. The average molecular weight is 410 g/mol. The van der Waals surface area contributed by atoms with Crippen molar-refractivity contribution in [3.8, 4) is 0 Å². The molecular formula is C25H35N3O2. The summed E-state index contributed by atoms with van der Waals surface area (Å²) in [7, 11) is 0. The zero-order valence-corrected chi connectivity index (χ0v) is 18.3. The average Bonchev–Trinajstić information content (AvgIpc) is 2.79. The fraction of sp³-hybridized carbons (Fsp3) is 0.600. The van der Waals surface area contributed by atoms with Crippen LogP contribution >= 0.6 is 0 Å². The molecule has 0 saturated carbocycles. The number of allylic oxidation sites excluding steroid dienone is 2. The second-order valence-electron chi connectivity index (χ2n) is 8.95. The molecule has 0 spiro atoms. The van der Waals surface area contributed by atoms with Gasteiger partial charge in [0.25, 0.3) is 0 Å². The predicted octanol–water partition coefficient (Wildman–Crippen LogP) is 4.12. The normalized spacial score (nSPS) is 21.8. The van der Waals surface area contributed by atoms with Gasteiger partial charge in [-0.15, -0.1) is 0 Å². The van der Waals surface area contributed by atoms with Crippen LogP contribution in [0.25, 0.3) is 0 Å². The third-order valence-electron chi connectivity index (χ3n) is 6.95. The van der Waals surface area contributed by atoms with Crippen molar-refractivity contribution in [2.45, 2.75) is 58.3 Å². The molecule has 2 fully saturated rings. The first-order chi connectivity index (χ1) is 14.6. The number of likely N-dealkylation sites (tertiary alicyclic amines) is 1. The molecule has 0 bridgehead atoms. The molecule has 3 aliphatic rings. The number of hydrogen-bond acceptors (Lipinski definition) is 3. The highest BCUT2D eigenvalue weighted by Crippen LogP contribution is 2.35. The molecule has 0 radical (unpaired) electrons. The molecule has 1 aromatic rings. The Hall–Kier alpha value is -2.30. The quantitative estimate of drug-likeness (QED) is 0.735. The maximum absolute atomic E-state index is 12.8. The maximum Gasteiger partial charge on any atom is 0.226 e. The van der Waals surface area contributed by atoms with Crippen LogP contribution in [0.1, 0.15) is 56.9 Å². The van der Waals surface area contributed by atoms with Gasteiger partial charge in [0.05, 0.1) is 0 Å². The molecule has 162 valence electrons. The second-order valence-corrected chi connectivity index (χ2v) is 8.95. The maximum atomic E-state index is 12.8. The van der Waals surface area contributed by atoms with Crippen molar-refractivity contribution in [2.75, 3.05) is 37.6 Å². The Balaban J connectivity index is 1.21. The van der Waals surface area contributed by atoms with Crippen molar-refractivity contribution in [3.63, 3.8) is 0 Å². The largest absolute Gasteiger partial charge is 0.368 e. The van der Waals surface area contributed by atoms with E-state index in [1.807, 2.05) is 9.80 Å². The van der Waals surface area contributed by atoms with E-state index in [1.54, 1.807) is 0 Å². The molecule has 5 nitrogen and oxygen atoms in total. The van der Waals surface area contributed by atoms with Crippen LogP contribution in [0, 0.1) is 12.8 Å². The van der Waals surface area contributed by atoms with Gasteiger partial charge in [0, 0.05) is 56.9 Å². The zero-order chi connectivity index (χ0) is 20.9. The van der Waals surface area contributed by atoms with Gasteiger partial charge in [0.15, 0.2) is 0 Å². The van der Waals surface area contributed by atoms with E-state index in [-0.39, 0.29) is 11.8 Å². The Morgan fingerprint density at radius 2 is 1.67 bits per heavy atom. The molecule has 5 heteroatoms. The SMILES string of the molecule is Cc1ccccc1N1CCN(C(=O)CCCC(=O)N2CCCC3CCCC=C32)CC1. The van der Waals surface area contributed by atoms with Gasteiger partial charge in [-0.2, -0.15) is 0 Å². The van der Waals surface area contributed by atoms with E-state index in [4.69, 9.17) is 0 Å². The number of anilines is 1. The molecule has 1 aliphatic carbocycles. The van der Waals surface area contributed by atoms with Gasteiger partial charge in [-0.3, -0.25) is 9.59 Å². The van der Waals surface area contributed by atoms with E-state index in [0.29, 0.717) is 25.2 Å². The molecule has 0 N–H and O–H groups in total. The summed E-state index contributed by atoms with van der Waals surface area (Å²) < 4.78 is 0. The summed E-state index contributed by atoms with van der Waals surface area (Å²) in [5.74, 6) is 0.994.